The van der Waals surface area contributed by atoms with Crippen molar-refractivity contribution < 1.29 is 9.47 Å². The third kappa shape index (κ3) is 5.39. The molecule has 186 valence electrons. The molecule has 0 spiro atoms. The van der Waals surface area contributed by atoms with E-state index in [4.69, 9.17) is 19.4 Å². The van der Waals surface area contributed by atoms with E-state index in [0.717, 1.165) is 82.6 Å². The van der Waals surface area contributed by atoms with E-state index in [9.17, 15) is 0 Å². The van der Waals surface area contributed by atoms with Crippen molar-refractivity contribution in [3.8, 4) is 27.6 Å². The van der Waals surface area contributed by atoms with Crippen molar-refractivity contribution in [2.75, 3.05) is 55.5 Å². The maximum atomic E-state index is 5.50. The van der Waals surface area contributed by atoms with E-state index in [2.05, 4.69) is 38.5 Å². The molecule has 0 amide bonds. The first kappa shape index (κ1) is 24.0. The number of anilines is 4. The van der Waals surface area contributed by atoms with Crippen LogP contribution >= 0.6 is 11.3 Å². The molecule has 1 fully saturated rings. The zero-order valence-electron chi connectivity index (χ0n) is 20.6. The Morgan fingerprint density at radius 3 is 2.69 bits per heavy atom. The van der Waals surface area contributed by atoms with Crippen LogP contribution in [0.5, 0.6) is 5.75 Å². The topological polar surface area (TPSA) is 97.3 Å². The number of methoxy groups -OCH3 is 1. The molecule has 36 heavy (non-hydrogen) atoms. The van der Waals surface area contributed by atoms with Gasteiger partial charge in [0.15, 0.2) is 5.13 Å². The van der Waals surface area contributed by atoms with Crippen LogP contribution in [-0.2, 0) is 4.74 Å². The van der Waals surface area contributed by atoms with Gasteiger partial charge in [-0.05, 0) is 55.8 Å². The summed E-state index contributed by atoms with van der Waals surface area (Å²) in [4.78, 5) is 21.9. The minimum absolute atomic E-state index is 0.500. The molecular formula is C26H29N7O2S. The lowest BCUT2D eigenvalue weighted by Gasteiger charge is -2.27. The number of thiazole rings is 1. The summed E-state index contributed by atoms with van der Waals surface area (Å²) in [5.74, 6) is 2.24. The summed E-state index contributed by atoms with van der Waals surface area (Å²) < 4.78 is 10.9. The fraction of sp³-hybridized carbons (Fsp3) is 0.308. The third-order valence-electron chi connectivity index (χ3n) is 5.74. The summed E-state index contributed by atoms with van der Waals surface area (Å²) in [5.41, 5.74) is 4.57. The van der Waals surface area contributed by atoms with Gasteiger partial charge < -0.3 is 25.0 Å². The van der Waals surface area contributed by atoms with Gasteiger partial charge in [-0.15, -0.1) is 0 Å². The Bertz CT molecular complexity index is 1320. The van der Waals surface area contributed by atoms with Gasteiger partial charge in [0.2, 0.25) is 5.95 Å². The van der Waals surface area contributed by atoms with Crippen molar-refractivity contribution in [3.05, 3.63) is 54.4 Å². The molecule has 4 heterocycles. The summed E-state index contributed by atoms with van der Waals surface area (Å²) in [5, 5.41) is 7.46. The molecule has 0 radical (unpaired) electrons. The third-order valence-corrected chi connectivity index (χ3v) is 6.78. The molecule has 0 atom stereocenters. The number of pyridine rings is 1. The molecule has 1 aliphatic rings. The molecule has 2 N–H and O–H groups in total. The number of hydrogen-bond acceptors (Lipinski definition) is 10. The Balaban J connectivity index is 1.43. The predicted octanol–water partition coefficient (Wildman–Crippen LogP) is 4.99. The molecule has 1 saturated heterocycles. The van der Waals surface area contributed by atoms with Crippen LogP contribution in [0.2, 0.25) is 0 Å². The van der Waals surface area contributed by atoms with Gasteiger partial charge in [0.05, 0.1) is 48.5 Å². The Labute approximate surface area is 214 Å². The summed E-state index contributed by atoms with van der Waals surface area (Å²) >= 11 is 1.57. The van der Waals surface area contributed by atoms with Crippen molar-refractivity contribution in [2.24, 2.45) is 0 Å². The maximum absolute atomic E-state index is 5.50. The molecule has 4 aromatic rings. The Kier molecular flexibility index (Phi) is 7.24. The number of rotatable bonds is 8. The molecule has 3 aromatic heterocycles. The van der Waals surface area contributed by atoms with Gasteiger partial charge >= 0.3 is 0 Å². The van der Waals surface area contributed by atoms with Gasteiger partial charge in [-0.2, -0.15) is 0 Å². The maximum Gasteiger partial charge on any atom is 0.227 e. The molecule has 1 aromatic carbocycles. The number of aromatic nitrogens is 4. The number of morpholine rings is 1. The summed E-state index contributed by atoms with van der Waals surface area (Å²) in [7, 11) is 1.68. The summed E-state index contributed by atoms with van der Waals surface area (Å²) in [6.45, 7) is 8.05. The predicted molar refractivity (Wildman–Crippen MR) is 145 cm³/mol. The van der Waals surface area contributed by atoms with Gasteiger partial charge in [0, 0.05) is 31.4 Å². The van der Waals surface area contributed by atoms with Gasteiger partial charge in [-0.3, -0.25) is 0 Å². The molecule has 10 heteroatoms. The Hall–Kier alpha value is -3.76. The van der Waals surface area contributed by atoms with Crippen molar-refractivity contribution >= 4 is 33.9 Å². The molecule has 1 aliphatic heterocycles. The van der Waals surface area contributed by atoms with Gasteiger partial charge in [-0.1, -0.05) is 11.3 Å². The van der Waals surface area contributed by atoms with Crippen LogP contribution in [-0.4, -0.2) is 59.9 Å². The van der Waals surface area contributed by atoms with Gasteiger partial charge in [-0.25, -0.2) is 19.9 Å². The number of hydrogen-bond donors (Lipinski definition) is 2. The number of aryl methyl sites for hydroxylation is 1. The van der Waals surface area contributed by atoms with Gasteiger partial charge in [0.1, 0.15) is 11.6 Å². The van der Waals surface area contributed by atoms with Crippen molar-refractivity contribution in [1.29, 1.82) is 0 Å². The Morgan fingerprint density at radius 2 is 1.94 bits per heavy atom. The minimum Gasteiger partial charge on any atom is -0.497 e. The normalized spacial score (nSPS) is 13.5. The number of nitrogens with one attached hydrogen (secondary N) is 2. The SMILES string of the molecule is CCNc1nc(-c2cc(C)cc(OC)c2)c(-c2ccnc(Nc3ccc(N4CCOCC4)nc3)n2)s1. The lowest BCUT2D eigenvalue weighted by atomic mass is 10.1. The van der Waals surface area contributed by atoms with E-state index >= 15 is 0 Å². The number of benzene rings is 1. The van der Waals surface area contributed by atoms with E-state index in [1.54, 1.807) is 30.8 Å². The zero-order chi connectivity index (χ0) is 24.9. The minimum atomic E-state index is 0.500. The quantitative estimate of drug-likeness (QED) is 0.345. The van der Waals surface area contributed by atoms with Crippen molar-refractivity contribution in [2.45, 2.75) is 13.8 Å². The zero-order valence-corrected chi connectivity index (χ0v) is 21.4. The lowest BCUT2D eigenvalue weighted by molar-refractivity contribution is 0.122. The molecule has 5 rings (SSSR count). The van der Waals surface area contributed by atoms with Crippen LogP contribution in [0.3, 0.4) is 0 Å². The van der Waals surface area contributed by atoms with Crippen LogP contribution in [0.15, 0.2) is 48.8 Å². The molecule has 0 unspecified atom stereocenters. The van der Waals surface area contributed by atoms with Crippen molar-refractivity contribution in [1.82, 2.24) is 19.9 Å². The second kappa shape index (κ2) is 10.9. The highest BCUT2D eigenvalue weighted by Crippen LogP contribution is 2.39. The number of nitrogens with zero attached hydrogens (tertiary/aromatic N) is 5. The first-order valence-electron chi connectivity index (χ1n) is 11.9. The average molecular weight is 504 g/mol. The number of ether oxygens (including phenoxy) is 2. The largest absolute Gasteiger partial charge is 0.497 e. The van der Waals surface area contributed by atoms with E-state index in [-0.39, 0.29) is 0 Å². The van der Waals surface area contributed by atoms with Crippen LogP contribution in [0, 0.1) is 6.92 Å². The van der Waals surface area contributed by atoms with Crippen LogP contribution in [0.1, 0.15) is 12.5 Å². The molecule has 0 saturated carbocycles. The molecular weight excluding hydrogens is 474 g/mol. The van der Waals surface area contributed by atoms with Crippen LogP contribution in [0.25, 0.3) is 21.8 Å². The Morgan fingerprint density at radius 1 is 1.08 bits per heavy atom. The fourth-order valence-electron chi connectivity index (χ4n) is 4.03. The molecule has 0 bridgehead atoms. The standard InChI is InChI=1S/C26H29N7O2S/c1-4-27-26-32-23(18-13-17(2)14-20(15-18)34-3)24(36-26)21-7-8-28-25(31-21)30-19-5-6-22(29-16-19)33-9-11-35-12-10-33/h5-8,13-16H,4,9-12H2,1-3H3,(H,27,32)(H,28,30,31). The average Bonchev–Trinajstić information content (AvgIpc) is 3.34. The second-order valence-electron chi connectivity index (χ2n) is 8.36. The van der Waals surface area contributed by atoms with Crippen molar-refractivity contribution in [3.63, 3.8) is 0 Å². The van der Waals surface area contributed by atoms with Crippen LogP contribution in [0.4, 0.5) is 22.6 Å². The molecule has 0 aliphatic carbocycles. The van der Waals surface area contributed by atoms with E-state index in [1.807, 2.05) is 37.3 Å². The molecule has 9 nitrogen and oxygen atoms in total. The highest BCUT2D eigenvalue weighted by Gasteiger charge is 2.18. The van der Waals surface area contributed by atoms with E-state index in [1.165, 1.54) is 0 Å². The monoisotopic (exact) mass is 503 g/mol. The highest BCUT2D eigenvalue weighted by atomic mass is 32.1. The smallest absolute Gasteiger partial charge is 0.227 e. The lowest BCUT2D eigenvalue weighted by Crippen LogP contribution is -2.36. The van der Waals surface area contributed by atoms with E-state index in [0.29, 0.717) is 5.95 Å². The second-order valence-corrected chi connectivity index (χ2v) is 9.36. The highest BCUT2D eigenvalue weighted by molar-refractivity contribution is 7.19. The summed E-state index contributed by atoms with van der Waals surface area (Å²) in [6, 6.07) is 12.0. The summed E-state index contributed by atoms with van der Waals surface area (Å²) in [6.07, 6.45) is 3.56. The van der Waals surface area contributed by atoms with E-state index < -0.39 is 0 Å². The first-order chi connectivity index (χ1) is 17.6. The fourth-order valence-corrected chi connectivity index (χ4v) is 5.06. The van der Waals surface area contributed by atoms with Crippen LogP contribution < -0.4 is 20.3 Å². The van der Waals surface area contributed by atoms with Gasteiger partial charge in [0.25, 0.3) is 0 Å². The first-order valence-corrected chi connectivity index (χ1v) is 12.7.